The van der Waals surface area contributed by atoms with E-state index in [0.717, 1.165) is 27.8 Å². The van der Waals surface area contributed by atoms with Crippen molar-refractivity contribution in [3.05, 3.63) is 63.3 Å². The first-order chi connectivity index (χ1) is 12.2. The molecule has 0 aliphatic rings. The zero-order valence-electron chi connectivity index (χ0n) is 13.6. The minimum atomic E-state index is 0.435. The highest BCUT2D eigenvalue weighted by atomic mass is 79.9. The van der Waals surface area contributed by atoms with Crippen LogP contribution in [-0.4, -0.2) is 27.7 Å². The minimum absolute atomic E-state index is 0.435. The average molecular weight is 417 g/mol. The largest absolute Gasteiger partial charge is 0.494 e. The van der Waals surface area contributed by atoms with Gasteiger partial charge in [0.2, 0.25) is 4.77 Å². The summed E-state index contributed by atoms with van der Waals surface area (Å²) in [6.07, 6.45) is 2.73. The lowest BCUT2D eigenvalue weighted by Crippen LogP contribution is -1.96. The monoisotopic (exact) mass is 416 g/mol. The van der Waals surface area contributed by atoms with Crippen LogP contribution in [0.3, 0.4) is 0 Å². The van der Waals surface area contributed by atoms with Crippen LogP contribution < -0.4 is 4.74 Å². The van der Waals surface area contributed by atoms with Gasteiger partial charge < -0.3 is 4.74 Å². The molecule has 1 N–H and O–H groups in total. The zero-order valence-corrected chi connectivity index (χ0v) is 16.0. The first-order valence-electron chi connectivity index (χ1n) is 7.88. The smallest absolute Gasteiger partial charge is 0.216 e. The van der Waals surface area contributed by atoms with E-state index >= 15 is 0 Å². The molecular weight excluding hydrogens is 400 g/mol. The van der Waals surface area contributed by atoms with Crippen LogP contribution in [0.15, 0.2) is 58.1 Å². The number of aromatic nitrogens is 3. The maximum Gasteiger partial charge on any atom is 0.216 e. The van der Waals surface area contributed by atoms with Gasteiger partial charge in [0, 0.05) is 10.0 Å². The van der Waals surface area contributed by atoms with E-state index in [-0.39, 0.29) is 0 Å². The fraction of sp³-hybridized carbons (Fsp3) is 0.167. The Morgan fingerprint density at radius 2 is 2.00 bits per heavy atom. The molecule has 1 aromatic heterocycles. The van der Waals surface area contributed by atoms with Crippen molar-refractivity contribution in [1.29, 1.82) is 0 Å². The highest BCUT2D eigenvalue weighted by Crippen LogP contribution is 2.26. The van der Waals surface area contributed by atoms with Crippen LogP contribution in [0.1, 0.15) is 18.9 Å². The molecule has 0 radical (unpaired) electrons. The van der Waals surface area contributed by atoms with E-state index in [4.69, 9.17) is 17.0 Å². The van der Waals surface area contributed by atoms with E-state index in [1.54, 1.807) is 10.9 Å². The lowest BCUT2D eigenvalue weighted by molar-refractivity contribution is 0.317. The van der Waals surface area contributed by atoms with Gasteiger partial charge in [-0.3, -0.25) is 0 Å². The third kappa shape index (κ3) is 4.24. The Balaban J connectivity index is 1.86. The minimum Gasteiger partial charge on any atom is -0.494 e. The van der Waals surface area contributed by atoms with Gasteiger partial charge in [0.25, 0.3) is 0 Å². The summed E-state index contributed by atoms with van der Waals surface area (Å²) >= 11 is 8.83. The molecule has 0 fully saturated rings. The van der Waals surface area contributed by atoms with Crippen LogP contribution in [0.5, 0.6) is 5.75 Å². The Morgan fingerprint density at radius 3 is 2.72 bits per heavy atom. The highest BCUT2D eigenvalue weighted by Gasteiger charge is 2.10. The van der Waals surface area contributed by atoms with E-state index in [9.17, 15) is 0 Å². The quantitative estimate of drug-likeness (QED) is 0.452. The molecule has 25 heavy (non-hydrogen) atoms. The van der Waals surface area contributed by atoms with Crippen molar-refractivity contribution in [3.63, 3.8) is 0 Å². The number of halogens is 1. The second-order valence-corrected chi connectivity index (χ2v) is 6.55. The Kier molecular flexibility index (Phi) is 5.78. The van der Waals surface area contributed by atoms with Crippen LogP contribution in [0, 0.1) is 4.77 Å². The maximum atomic E-state index is 5.58. The lowest BCUT2D eigenvalue weighted by atomic mass is 10.2. The van der Waals surface area contributed by atoms with Crippen LogP contribution in [-0.2, 0) is 0 Å². The molecule has 0 aliphatic heterocycles. The second kappa shape index (κ2) is 8.22. The first-order valence-corrected chi connectivity index (χ1v) is 9.08. The lowest BCUT2D eigenvalue weighted by Gasteiger charge is -2.04. The Hall–Kier alpha value is -2.25. The van der Waals surface area contributed by atoms with E-state index in [0.29, 0.717) is 17.2 Å². The highest BCUT2D eigenvalue weighted by molar-refractivity contribution is 9.10. The molecule has 0 aliphatic carbocycles. The molecule has 0 spiro atoms. The molecule has 0 amide bonds. The van der Waals surface area contributed by atoms with E-state index < -0.39 is 0 Å². The number of hydrogen-bond acceptors (Lipinski definition) is 4. The molecule has 0 unspecified atom stereocenters. The van der Waals surface area contributed by atoms with Crippen molar-refractivity contribution in [2.24, 2.45) is 5.10 Å². The Bertz CT molecular complexity index is 931. The van der Waals surface area contributed by atoms with E-state index in [1.165, 1.54) is 0 Å². The topological polar surface area (TPSA) is 55.2 Å². The third-order valence-corrected chi connectivity index (χ3v) is 4.40. The number of benzene rings is 2. The number of aromatic amines is 1. The molecule has 5 nitrogen and oxygen atoms in total. The molecule has 0 saturated heterocycles. The van der Waals surface area contributed by atoms with Crippen LogP contribution >= 0.6 is 28.1 Å². The number of rotatable bonds is 6. The van der Waals surface area contributed by atoms with Gasteiger partial charge >= 0.3 is 0 Å². The van der Waals surface area contributed by atoms with Gasteiger partial charge in [0.15, 0.2) is 5.82 Å². The molecule has 2 aromatic carbocycles. The fourth-order valence-corrected chi connectivity index (χ4v) is 2.85. The van der Waals surface area contributed by atoms with Crippen molar-refractivity contribution < 1.29 is 4.74 Å². The molecular formula is C18H17BrN4OS. The fourth-order valence-electron chi connectivity index (χ4n) is 2.21. The standard InChI is InChI=1S/C18H17BrN4OS/c1-2-11-24-14-9-7-13(8-10-14)12-20-23-17(21-22-18(23)25)15-5-3-4-6-16(15)19/h3-10,12H,2,11H2,1H3,(H,22,25). The number of nitrogens with one attached hydrogen (secondary N) is 1. The Labute approximate surface area is 159 Å². The second-order valence-electron chi connectivity index (χ2n) is 5.31. The van der Waals surface area contributed by atoms with Crippen molar-refractivity contribution in [2.75, 3.05) is 6.61 Å². The van der Waals surface area contributed by atoms with E-state index in [1.807, 2.05) is 48.5 Å². The summed E-state index contributed by atoms with van der Waals surface area (Å²) in [6.45, 7) is 2.80. The Morgan fingerprint density at radius 1 is 1.24 bits per heavy atom. The maximum absolute atomic E-state index is 5.58. The van der Waals surface area contributed by atoms with Crippen LogP contribution in [0.4, 0.5) is 0 Å². The van der Waals surface area contributed by atoms with Gasteiger partial charge in [0.05, 0.1) is 12.8 Å². The summed E-state index contributed by atoms with van der Waals surface area (Å²) in [5.74, 6) is 1.50. The number of hydrogen-bond donors (Lipinski definition) is 1. The zero-order chi connectivity index (χ0) is 17.6. The predicted molar refractivity (Wildman–Crippen MR) is 106 cm³/mol. The van der Waals surface area contributed by atoms with Gasteiger partial charge in [-0.1, -0.05) is 35.0 Å². The van der Waals surface area contributed by atoms with Crippen molar-refractivity contribution in [1.82, 2.24) is 14.9 Å². The van der Waals surface area contributed by atoms with Crippen molar-refractivity contribution in [3.8, 4) is 17.1 Å². The molecule has 7 heteroatoms. The van der Waals surface area contributed by atoms with Crippen molar-refractivity contribution in [2.45, 2.75) is 13.3 Å². The summed E-state index contributed by atoms with van der Waals surface area (Å²) < 4.78 is 8.55. The summed E-state index contributed by atoms with van der Waals surface area (Å²) in [7, 11) is 0. The number of H-pyrrole nitrogens is 1. The number of ether oxygens (including phenoxy) is 1. The van der Waals surface area contributed by atoms with E-state index in [2.05, 4.69) is 38.2 Å². The van der Waals surface area contributed by atoms with Gasteiger partial charge in [-0.15, -0.1) is 0 Å². The molecule has 0 bridgehead atoms. The predicted octanol–water partition coefficient (Wildman–Crippen LogP) is 5.04. The molecule has 1 heterocycles. The van der Waals surface area contributed by atoms with Crippen LogP contribution in [0.2, 0.25) is 0 Å². The average Bonchev–Trinajstić information content (AvgIpc) is 3.00. The van der Waals surface area contributed by atoms with Gasteiger partial charge in [-0.2, -0.15) is 14.9 Å². The number of nitrogens with zero attached hydrogens (tertiary/aromatic N) is 3. The SMILES string of the molecule is CCCOc1ccc(C=Nn2c(-c3ccccc3Br)n[nH]c2=S)cc1. The summed E-state index contributed by atoms with van der Waals surface area (Å²) in [5.41, 5.74) is 1.86. The molecule has 0 atom stereocenters. The summed E-state index contributed by atoms with van der Waals surface area (Å²) in [4.78, 5) is 0. The van der Waals surface area contributed by atoms with Gasteiger partial charge in [-0.05, 0) is 60.6 Å². The van der Waals surface area contributed by atoms with Crippen molar-refractivity contribution >= 4 is 34.4 Å². The van der Waals surface area contributed by atoms with Gasteiger partial charge in [0.1, 0.15) is 5.75 Å². The molecule has 3 aromatic rings. The molecule has 128 valence electrons. The third-order valence-electron chi connectivity index (χ3n) is 3.44. The summed E-state index contributed by atoms with van der Waals surface area (Å²) in [6, 6.07) is 15.6. The normalized spacial score (nSPS) is 11.1. The van der Waals surface area contributed by atoms with Crippen LogP contribution in [0.25, 0.3) is 11.4 Å². The summed E-state index contributed by atoms with van der Waals surface area (Å²) in [5, 5.41) is 11.6. The van der Waals surface area contributed by atoms with Gasteiger partial charge in [-0.25, -0.2) is 5.10 Å². The molecule has 3 rings (SSSR count). The molecule has 0 saturated carbocycles. The first kappa shape index (κ1) is 17.6.